The minimum atomic E-state index is -0.633. The fraction of sp³-hybridized carbons (Fsp3) is 0.526. The summed E-state index contributed by atoms with van der Waals surface area (Å²) in [6.07, 6.45) is 1.41. The first-order valence-corrected chi connectivity index (χ1v) is 10.2. The average Bonchev–Trinajstić information content (AvgIpc) is 3.34. The second-order valence-electron chi connectivity index (χ2n) is 6.61. The largest absolute Gasteiger partial charge is 0.468 e. The van der Waals surface area contributed by atoms with Crippen molar-refractivity contribution in [2.75, 3.05) is 19.6 Å². The summed E-state index contributed by atoms with van der Waals surface area (Å²) in [7, 11) is 1.37. The van der Waals surface area contributed by atoms with Crippen molar-refractivity contribution in [1.29, 1.82) is 0 Å². The molecule has 1 aromatic rings. The molecule has 0 aromatic heterocycles. The Balaban J connectivity index is 1.44. The number of ether oxygens (including phenoxy) is 3. The van der Waals surface area contributed by atoms with Crippen LogP contribution in [-0.2, 0) is 30.4 Å². The van der Waals surface area contributed by atoms with Crippen LogP contribution in [0.2, 0.25) is 0 Å². The van der Waals surface area contributed by atoms with Gasteiger partial charge in [0.2, 0.25) is 0 Å². The van der Waals surface area contributed by atoms with Gasteiger partial charge >= 0.3 is 18.0 Å². The molecular formula is C19H24N2O6S. The minimum Gasteiger partial charge on any atom is -0.468 e. The number of nitrogens with zero attached hydrogens (tertiary/aromatic N) is 1. The van der Waals surface area contributed by atoms with Crippen LogP contribution in [0.4, 0.5) is 4.79 Å². The first-order valence-electron chi connectivity index (χ1n) is 9.18. The molecule has 28 heavy (non-hydrogen) atoms. The number of methoxy groups -OCH3 is 1. The van der Waals surface area contributed by atoms with E-state index in [4.69, 9.17) is 14.2 Å². The highest BCUT2D eigenvalue weighted by molar-refractivity contribution is 8.00. The van der Waals surface area contributed by atoms with Crippen LogP contribution in [-0.4, -0.2) is 60.0 Å². The van der Waals surface area contributed by atoms with Gasteiger partial charge in [0.05, 0.1) is 12.5 Å². The summed E-state index contributed by atoms with van der Waals surface area (Å²) in [5.41, 5.74) is 0.878. The van der Waals surface area contributed by atoms with Gasteiger partial charge < -0.3 is 14.2 Å². The summed E-state index contributed by atoms with van der Waals surface area (Å²) >= 11 is 1.66. The highest BCUT2D eigenvalue weighted by Gasteiger charge is 2.39. The first kappa shape index (κ1) is 20.5. The summed E-state index contributed by atoms with van der Waals surface area (Å²) in [5, 5.41) is 3.34. The Kier molecular flexibility index (Phi) is 7.16. The third-order valence-corrected chi connectivity index (χ3v) is 6.01. The van der Waals surface area contributed by atoms with Gasteiger partial charge in [-0.15, -0.1) is 11.8 Å². The molecule has 1 unspecified atom stereocenters. The zero-order valence-electron chi connectivity index (χ0n) is 15.7. The van der Waals surface area contributed by atoms with Crippen LogP contribution in [0, 0.1) is 0 Å². The SMILES string of the molecule is COC(=O)[C@@H]1CSC(CCC[C@@H]2C(=O)OCN2C(=O)OCc2ccccc2)N1. The van der Waals surface area contributed by atoms with Crippen molar-refractivity contribution in [1.82, 2.24) is 10.2 Å². The molecule has 2 heterocycles. The Bertz CT molecular complexity index is 701. The van der Waals surface area contributed by atoms with Crippen LogP contribution in [0.15, 0.2) is 30.3 Å². The van der Waals surface area contributed by atoms with Crippen LogP contribution >= 0.6 is 11.8 Å². The van der Waals surface area contributed by atoms with Gasteiger partial charge in [0, 0.05) is 5.75 Å². The van der Waals surface area contributed by atoms with Gasteiger partial charge in [-0.05, 0) is 24.8 Å². The second-order valence-corrected chi connectivity index (χ2v) is 7.85. The quantitative estimate of drug-likeness (QED) is 0.540. The standard InChI is InChI=1S/C19H24N2O6S/c1-25-17(22)14-11-28-16(20-14)9-5-8-15-18(23)27-12-21(15)19(24)26-10-13-6-3-2-4-7-13/h2-4,6-7,14-16,20H,5,8-12H2,1H3/t14-,15+,16?/m0/s1. The lowest BCUT2D eigenvalue weighted by molar-refractivity contribution is -0.142. The fourth-order valence-corrected chi connectivity index (χ4v) is 4.43. The molecule has 0 aliphatic carbocycles. The molecule has 0 bridgehead atoms. The molecule has 1 aromatic carbocycles. The van der Waals surface area contributed by atoms with Gasteiger partial charge in [-0.25, -0.2) is 9.59 Å². The predicted molar refractivity (Wildman–Crippen MR) is 102 cm³/mol. The summed E-state index contributed by atoms with van der Waals surface area (Å²) in [4.78, 5) is 37.2. The van der Waals surface area contributed by atoms with E-state index in [1.54, 1.807) is 11.8 Å². The van der Waals surface area contributed by atoms with E-state index in [2.05, 4.69) is 5.32 Å². The maximum atomic E-state index is 12.3. The Morgan fingerprint density at radius 2 is 2.07 bits per heavy atom. The van der Waals surface area contributed by atoms with Crippen LogP contribution < -0.4 is 5.32 Å². The fourth-order valence-electron chi connectivity index (χ4n) is 3.18. The number of cyclic esters (lactones) is 1. The van der Waals surface area contributed by atoms with E-state index in [0.717, 1.165) is 12.0 Å². The van der Waals surface area contributed by atoms with E-state index in [9.17, 15) is 14.4 Å². The molecule has 3 atom stereocenters. The van der Waals surface area contributed by atoms with Crippen molar-refractivity contribution < 1.29 is 28.6 Å². The molecule has 1 amide bonds. The van der Waals surface area contributed by atoms with Gasteiger partial charge in [-0.1, -0.05) is 30.3 Å². The van der Waals surface area contributed by atoms with Gasteiger partial charge in [0.15, 0.2) is 6.73 Å². The zero-order valence-corrected chi connectivity index (χ0v) is 16.5. The molecule has 0 saturated carbocycles. The molecule has 2 aliphatic rings. The van der Waals surface area contributed by atoms with Crippen molar-refractivity contribution in [3.8, 4) is 0 Å². The number of carbonyl (C=O) groups is 3. The maximum Gasteiger partial charge on any atom is 0.413 e. The van der Waals surface area contributed by atoms with Gasteiger partial charge in [-0.2, -0.15) is 0 Å². The number of nitrogens with one attached hydrogen (secondary N) is 1. The normalized spacial score (nSPS) is 24.1. The van der Waals surface area contributed by atoms with Crippen LogP contribution in [0.3, 0.4) is 0 Å². The van der Waals surface area contributed by atoms with Crippen LogP contribution in [0.5, 0.6) is 0 Å². The summed E-state index contributed by atoms with van der Waals surface area (Å²) in [5.74, 6) is -0.00126. The summed E-state index contributed by atoms with van der Waals surface area (Å²) in [6, 6.07) is 8.43. The minimum absolute atomic E-state index is 0.0854. The topological polar surface area (TPSA) is 94.2 Å². The van der Waals surface area contributed by atoms with E-state index in [-0.39, 0.29) is 30.7 Å². The molecule has 2 aliphatic heterocycles. The Hall–Kier alpha value is -2.26. The summed E-state index contributed by atoms with van der Waals surface area (Å²) < 4.78 is 15.1. The van der Waals surface area contributed by atoms with E-state index in [1.807, 2.05) is 30.3 Å². The Morgan fingerprint density at radius 3 is 2.82 bits per heavy atom. The van der Waals surface area contributed by atoms with Crippen molar-refractivity contribution in [3.05, 3.63) is 35.9 Å². The number of esters is 2. The van der Waals surface area contributed by atoms with E-state index in [1.165, 1.54) is 12.0 Å². The monoisotopic (exact) mass is 408 g/mol. The molecule has 3 rings (SSSR count). The summed E-state index contributed by atoms with van der Waals surface area (Å²) in [6.45, 7) is 0.0621. The Labute approximate surface area is 167 Å². The molecule has 152 valence electrons. The van der Waals surface area contributed by atoms with E-state index in [0.29, 0.717) is 18.6 Å². The highest BCUT2D eigenvalue weighted by atomic mass is 32.2. The first-order chi connectivity index (χ1) is 13.6. The lowest BCUT2D eigenvalue weighted by atomic mass is 10.1. The molecule has 2 saturated heterocycles. The lowest BCUT2D eigenvalue weighted by Crippen LogP contribution is -2.39. The molecule has 8 nitrogen and oxygen atoms in total. The molecule has 2 fully saturated rings. The lowest BCUT2D eigenvalue weighted by Gasteiger charge is -2.20. The van der Waals surface area contributed by atoms with Gasteiger partial charge in [-0.3, -0.25) is 15.0 Å². The smallest absolute Gasteiger partial charge is 0.413 e. The Morgan fingerprint density at radius 1 is 1.29 bits per heavy atom. The van der Waals surface area contributed by atoms with E-state index >= 15 is 0 Å². The van der Waals surface area contributed by atoms with Crippen molar-refractivity contribution >= 4 is 29.8 Å². The number of benzene rings is 1. The number of amides is 1. The highest BCUT2D eigenvalue weighted by Crippen LogP contribution is 2.26. The van der Waals surface area contributed by atoms with Crippen LogP contribution in [0.1, 0.15) is 24.8 Å². The van der Waals surface area contributed by atoms with Gasteiger partial charge in [0.25, 0.3) is 0 Å². The number of rotatable bonds is 7. The average molecular weight is 408 g/mol. The number of thioether (sulfide) groups is 1. The number of hydrogen-bond acceptors (Lipinski definition) is 8. The third-order valence-electron chi connectivity index (χ3n) is 4.71. The third kappa shape index (κ3) is 5.17. The van der Waals surface area contributed by atoms with Crippen LogP contribution in [0.25, 0.3) is 0 Å². The maximum absolute atomic E-state index is 12.3. The molecule has 0 radical (unpaired) electrons. The van der Waals surface area contributed by atoms with E-state index < -0.39 is 18.1 Å². The molecule has 1 N–H and O–H groups in total. The van der Waals surface area contributed by atoms with Gasteiger partial charge in [0.1, 0.15) is 18.7 Å². The number of carbonyl (C=O) groups excluding carboxylic acids is 3. The zero-order chi connectivity index (χ0) is 19.9. The van der Waals surface area contributed by atoms with Crippen molar-refractivity contribution in [2.24, 2.45) is 0 Å². The van der Waals surface area contributed by atoms with Crippen molar-refractivity contribution in [3.63, 3.8) is 0 Å². The molecule has 9 heteroatoms. The molecule has 0 spiro atoms. The second kappa shape index (κ2) is 9.79. The predicted octanol–water partition coefficient (Wildman–Crippen LogP) is 1.88. The van der Waals surface area contributed by atoms with Crippen molar-refractivity contribution in [2.45, 2.75) is 43.3 Å². The number of hydrogen-bond donors (Lipinski definition) is 1. The molecular weight excluding hydrogens is 384 g/mol.